The molecule has 0 saturated carbocycles. The van der Waals surface area contributed by atoms with Gasteiger partial charge in [0.05, 0.1) is 5.92 Å². The fraction of sp³-hybridized carbons (Fsp3) is 0.611. The van der Waals surface area contributed by atoms with E-state index in [4.69, 9.17) is 16.3 Å². The summed E-state index contributed by atoms with van der Waals surface area (Å²) < 4.78 is 5.86. The summed E-state index contributed by atoms with van der Waals surface area (Å²) in [6.45, 7) is 8.86. The summed E-state index contributed by atoms with van der Waals surface area (Å²) in [5, 5.41) is 4.00. The van der Waals surface area contributed by atoms with E-state index in [9.17, 15) is 4.79 Å². The summed E-state index contributed by atoms with van der Waals surface area (Å²) in [5.74, 6) is 1.40. The normalized spacial score (nSPS) is 21.9. The molecular formula is C18H26ClN3O2. The monoisotopic (exact) mass is 351 g/mol. The molecule has 2 aliphatic rings. The van der Waals surface area contributed by atoms with Crippen molar-refractivity contribution in [2.45, 2.75) is 13.3 Å². The summed E-state index contributed by atoms with van der Waals surface area (Å²) in [7, 11) is 0. The number of amides is 1. The van der Waals surface area contributed by atoms with E-state index in [1.807, 2.05) is 30.0 Å². The molecular weight excluding hydrogens is 326 g/mol. The van der Waals surface area contributed by atoms with Crippen molar-refractivity contribution in [2.75, 3.05) is 52.4 Å². The van der Waals surface area contributed by atoms with E-state index in [-0.39, 0.29) is 5.92 Å². The number of nitrogens with one attached hydrogen (secondary N) is 1. The Morgan fingerprint density at radius 2 is 2.12 bits per heavy atom. The van der Waals surface area contributed by atoms with Crippen molar-refractivity contribution < 1.29 is 9.53 Å². The number of carbonyl (C=O) groups is 1. The molecule has 1 aromatic carbocycles. The third kappa shape index (κ3) is 4.41. The van der Waals surface area contributed by atoms with E-state index in [0.29, 0.717) is 12.5 Å². The zero-order valence-corrected chi connectivity index (χ0v) is 15.0. The average molecular weight is 352 g/mol. The van der Waals surface area contributed by atoms with Crippen molar-refractivity contribution in [3.05, 3.63) is 28.8 Å². The van der Waals surface area contributed by atoms with Crippen LogP contribution in [0.1, 0.15) is 12.0 Å². The fourth-order valence-corrected chi connectivity index (χ4v) is 3.60. The number of nitrogens with zero attached hydrogens (tertiary/aromatic N) is 2. The van der Waals surface area contributed by atoms with Gasteiger partial charge in [-0.05, 0) is 43.7 Å². The molecule has 1 N–H and O–H groups in total. The topological polar surface area (TPSA) is 44.8 Å². The molecule has 0 aromatic heterocycles. The van der Waals surface area contributed by atoms with Crippen LogP contribution in [0, 0.1) is 12.8 Å². The number of piperazine rings is 1. The van der Waals surface area contributed by atoms with Crippen LogP contribution in [0.15, 0.2) is 18.2 Å². The maximum absolute atomic E-state index is 12.4. The average Bonchev–Trinajstić information content (AvgIpc) is 3.11. The van der Waals surface area contributed by atoms with Crippen LogP contribution in [-0.4, -0.2) is 68.1 Å². The molecule has 1 amide bonds. The molecule has 3 rings (SSSR count). The molecule has 2 heterocycles. The third-order valence-corrected chi connectivity index (χ3v) is 5.13. The number of hydrogen-bond acceptors (Lipinski definition) is 4. The van der Waals surface area contributed by atoms with Crippen molar-refractivity contribution in [1.82, 2.24) is 15.1 Å². The lowest BCUT2D eigenvalue weighted by atomic mass is 10.1. The second-order valence-electron chi connectivity index (χ2n) is 6.61. The first-order valence-electron chi connectivity index (χ1n) is 8.74. The largest absolute Gasteiger partial charge is 0.492 e. The first kappa shape index (κ1) is 17.5. The third-order valence-electron chi connectivity index (χ3n) is 4.90. The van der Waals surface area contributed by atoms with Crippen LogP contribution in [0.4, 0.5) is 0 Å². The molecule has 132 valence electrons. The molecule has 5 nitrogen and oxygen atoms in total. The zero-order chi connectivity index (χ0) is 16.9. The molecule has 2 fully saturated rings. The number of hydrogen-bond donors (Lipinski definition) is 1. The van der Waals surface area contributed by atoms with E-state index in [2.05, 4.69) is 10.2 Å². The van der Waals surface area contributed by atoms with Gasteiger partial charge in [0.1, 0.15) is 12.4 Å². The summed E-state index contributed by atoms with van der Waals surface area (Å²) in [6, 6.07) is 5.69. The van der Waals surface area contributed by atoms with Gasteiger partial charge in [0.15, 0.2) is 0 Å². The Labute approximate surface area is 148 Å². The Hall–Kier alpha value is -1.30. The van der Waals surface area contributed by atoms with E-state index in [0.717, 1.165) is 68.6 Å². The van der Waals surface area contributed by atoms with Crippen molar-refractivity contribution in [2.24, 2.45) is 5.92 Å². The lowest BCUT2D eigenvalue weighted by Gasteiger charge is -2.35. The maximum atomic E-state index is 12.4. The first-order valence-corrected chi connectivity index (χ1v) is 9.12. The van der Waals surface area contributed by atoms with E-state index in [1.54, 1.807) is 0 Å². The number of halogens is 1. The lowest BCUT2D eigenvalue weighted by molar-refractivity contribution is -0.136. The molecule has 0 radical (unpaired) electrons. The van der Waals surface area contributed by atoms with Gasteiger partial charge in [-0.15, -0.1) is 0 Å². The number of rotatable bonds is 5. The van der Waals surface area contributed by atoms with Crippen molar-refractivity contribution in [1.29, 1.82) is 0 Å². The minimum atomic E-state index is 0.188. The summed E-state index contributed by atoms with van der Waals surface area (Å²) in [4.78, 5) is 16.8. The molecule has 2 aliphatic heterocycles. The lowest BCUT2D eigenvalue weighted by Crippen LogP contribution is -2.51. The minimum Gasteiger partial charge on any atom is -0.492 e. The van der Waals surface area contributed by atoms with Gasteiger partial charge in [-0.25, -0.2) is 0 Å². The molecule has 2 saturated heterocycles. The highest BCUT2D eigenvalue weighted by Gasteiger charge is 2.29. The van der Waals surface area contributed by atoms with Crippen molar-refractivity contribution in [3.63, 3.8) is 0 Å². The molecule has 1 unspecified atom stereocenters. The van der Waals surface area contributed by atoms with Crippen LogP contribution < -0.4 is 10.1 Å². The van der Waals surface area contributed by atoms with Gasteiger partial charge < -0.3 is 15.0 Å². The number of ether oxygens (including phenoxy) is 1. The Morgan fingerprint density at radius 3 is 2.79 bits per heavy atom. The van der Waals surface area contributed by atoms with Crippen LogP contribution in [0.25, 0.3) is 0 Å². The first-order chi connectivity index (χ1) is 11.6. The van der Waals surface area contributed by atoms with Gasteiger partial charge in [0.2, 0.25) is 5.91 Å². The van der Waals surface area contributed by atoms with Gasteiger partial charge >= 0.3 is 0 Å². The fourth-order valence-electron chi connectivity index (χ4n) is 3.37. The van der Waals surface area contributed by atoms with Gasteiger partial charge in [-0.1, -0.05) is 11.6 Å². The highest BCUT2D eigenvalue weighted by atomic mass is 35.5. The predicted molar refractivity (Wildman–Crippen MR) is 95.7 cm³/mol. The van der Waals surface area contributed by atoms with Crippen LogP contribution in [0.5, 0.6) is 5.75 Å². The Balaban J connectivity index is 1.38. The highest BCUT2D eigenvalue weighted by Crippen LogP contribution is 2.21. The van der Waals surface area contributed by atoms with E-state index in [1.165, 1.54) is 0 Å². The standard InChI is InChI=1S/C18H26ClN3O2/c1-14-12-16(19)2-3-17(14)24-11-10-21-6-8-22(9-7-21)18(23)15-4-5-20-13-15/h2-3,12,15,20H,4-11,13H2,1H3. The summed E-state index contributed by atoms with van der Waals surface area (Å²) in [5.41, 5.74) is 1.06. The number of carbonyl (C=O) groups excluding carboxylic acids is 1. The van der Waals surface area contributed by atoms with Crippen LogP contribution in [-0.2, 0) is 4.79 Å². The second-order valence-corrected chi connectivity index (χ2v) is 7.05. The summed E-state index contributed by atoms with van der Waals surface area (Å²) in [6.07, 6.45) is 0.979. The maximum Gasteiger partial charge on any atom is 0.227 e. The van der Waals surface area contributed by atoms with E-state index >= 15 is 0 Å². The number of aryl methyl sites for hydroxylation is 1. The van der Waals surface area contributed by atoms with Crippen molar-refractivity contribution >= 4 is 17.5 Å². The molecule has 0 aliphatic carbocycles. The quantitative estimate of drug-likeness (QED) is 0.878. The highest BCUT2D eigenvalue weighted by molar-refractivity contribution is 6.30. The van der Waals surface area contributed by atoms with Crippen LogP contribution in [0.3, 0.4) is 0 Å². The van der Waals surface area contributed by atoms with E-state index < -0.39 is 0 Å². The second kappa shape index (κ2) is 8.19. The van der Waals surface area contributed by atoms with Crippen LogP contribution >= 0.6 is 11.6 Å². The predicted octanol–water partition coefficient (Wildman–Crippen LogP) is 1.78. The van der Waals surface area contributed by atoms with Crippen molar-refractivity contribution in [3.8, 4) is 5.75 Å². The molecule has 0 spiro atoms. The SMILES string of the molecule is Cc1cc(Cl)ccc1OCCN1CCN(C(=O)C2CCNC2)CC1. The minimum absolute atomic E-state index is 0.188. The van der Waals surface area contributed by atoms with Gasteiger partial charge in [-0.2, -0.15) is 0 Å². The zero-order valence-electron chi connectivity index (χ0n) is 14.3. The smallest absolute Gasteiger partial charge is 0.227 e. The molecule has 1 atom stereocenters. The molecule has 6 heteroatoms. The molecule has 0 bridgehead atoms. The van der Waals surface area contributed by atoms with Gasteiger partial charge in [0.25, 0.3) is 0 Å². The Morgan fingerprint density at radius 1 is 1.33 bits per heavy atom. The molecule has 24 heavy (non-hydrogen) atoms. The number of benzene rings is 1. The van der Waals surface area contributed by atoms with Gasteiger partial charge in [-0.3, -0.25) is 9.69 Å². The Kier molecular flexibility index (Phi) is 5.98. The van der Waals surface area contributed by atoms with Gasteiger partial charge in [0, 0.05) is 44.3 Å². The van der Waals surface area contributed by atoms with Crippen LogP contribution in [0.2, 0.25) is 5.02 Å². The molecule has 1 aromatic rings. The Bertz CT molecular complexity index is 567. The summed E-state index contributed by atoms with van der Waals surface area (Å²) >= 11 is 5.96.